The monoisotopic (exact) mass is 239 g/mol. The summed E-state index contributed by atoms with van der Waals surface area (Å²) >= 11 is 0. The van der Waals surface area contributed by atoms with E-state index in [9.17, 15) is 4.79 Å². The molecule has 98 valence electrons. The molecule has 17 heavy (non-hydrogen) atoms. The topological polar surface area (TPSA) is 47.3 Å². The molecule has 4 nitrogen and oxygen atoms in total. The minimum absolute atomic E-state index is 0.00799. The first-order valence-electron chi connectivity index (χ1n) is 6.00. The number of nitriles is 1. The highest BCUT2D eigenvalue weighted by Gasteiger charge is 2.24. The van der Waals surface area contributed by atoms with Gasteiger partial charge in [-0.05, 0) is 14.0 Å². The van der Waals surface area contributed by atoms with Crippen molar-refractivity contribution in [3.05, 3.63) is 13.2 Å². The van der Waals surface area contributed by atoms with Crippen LogP contribution in [0.1, 0.15) is 27.2 Å². The van der Waals surface area contributed by atoms with Crippen molar-refractivity contribution in [3.8, 4) is 6.07 Å². The Morgan fingerprint density at radius 3 is 2.35 bits per heavy atom. The predicted octanol–water partition coefficient (Wildman–Crippen LogP) is 1.89. The fraction of sp³-hybridized carbons (Fsp3) is 0.692. The number of piperazine rings is 1. The molecule has 0 bridgehead atoms. The third-order valence-electron chi connectivity index (χ3n) is 2.38. The van der Waals surface area contributed by atoms with Crippen LogP contribution in [0.5, 0.6) is 0 Å². The number of hydrogen-bond acceptors (Lipinski definition) is 3. The van der Waals surface area contributed by atoms with Gasteiger partial charge in [0, 0.05) is 25.7 Å². The van der Waals surface area contributed by atoms with Gasteiger partial charge in [0.25, 0.3) is 0 Å². The van der Waals surface area contributed by atoms with Crippen LogP contribution in [0.25, 0.3) is 0 Å². The van der Waals surface area contributed by atoms with Gasteiger partial charge in [-0.25, -0.2) is 0 Å². The van der Waals surface area contributed by atoms with E-state index in [1.807, 2.05) is 33.9 Å². The largest absolute Gasteiger partial charge is 0.337 e. The molecule has 1 aliphatic rings. The molecule has 1 amide bonds. The SMILES string of the molecule is C=C.CC.CC1CN(C)CCN1C(=O)CC#N. The number of amides is 1. The van der Waals surface area contributed by atoms with E-state index in [1.165, 1.54) is 0 Å². The normalized spacial score (nSPS) is 19.0. The second-order valence-electron chi connectivity index (χ2n) is 3.53. The summed E-state index contributed by atoms with van der Waals surface area (Å²) in [7, 11) is 2.04. The van der Waals surface area contributed by atoms with Crippen LogP contribution in [0.4, 0.5) is 0 Å². The molecule has 1 atom stereocenters. The lowest BCUT2D eigenvalue weighted by molar-refractivity contribution is -0.134. The van der Waals surface area contributed by atoms with Gasteiger partial charge in [0.2, 0.25) is 5.91 Å². The van der Waals surface area contributed by atoms with Crippen molar-refractivity contribution in [2.45, 2.75) is 33.2 Å². The summed E-state index contributed by atoms with van der Waals surface area (Å²) in [5.41, 5.74) is 0. The van der Waals surface area contributed by atoms with E-state index in [-0.39, 0.29) is 18.4 Å². The van der Waals surface area contributed by atoms with Gasteiger partial charge in [0.05, 0.1) is 6.07 Å². The third kappa shape index (κ3) is 6.75. The van der Waals surface area contributed by atoms with Gasteiger partial charge in [-0.1, -0.05) is 13.8 Å². The molecule has 0 aromatic carbocycles. The minimum atomic E-state index is -0.0388. The first kappa shape index (κ1) is 18.0. The molecular weight excluding hydrogens is 214 g/mol. The average Bonchev–Trinajstić information content (AvgIpc) is 2.34. The molecule has 1 heterocycles. The molecule has 1 saturated heterocycles. The second-order valence-corrected chi connectivity index (χ2v) is 3.53. The molecule has 4 heteroatoms. The van der Waals surface area contributed by atoms with Gasteiger partial charge in [-0.2, -0.15) is 5.26 Å². The molecule has 0 aromatic heterocycles. The van der Waals surface area contributed by atoms with Gasteiger partial charge >= 0.3 is 0 Å². The van der Waals surface area contributed by atoms with Crippen molar-refractivity contribution in [2.24, 2.45) is 0 Å². The number of carbonyl (C=O) groups is 1. The Morgan fingerprint density at radius 2 is 1.94 bits per heavy atom. The lowest BCUT2D eigenvalue weighted by Crippen LogP contribution is -2.52. The van der Waals surface area contributed by atoms with E-state index < -0.39 is 0 Å². The Labute approximate surface area is 106 Å². The maximum Gasteiger partial charge on any atom is 0.237 e. The Morgan fingerprint density at radius 1 is 1.41 bits per heavy atom. The summed E-state index contributed by atoms with van der Waals surface area (Å²) in [6.07, 6.45) is 0.00799. The van der Waals surface area contributed by atoms with E-state index in [0.717, 1.165) is 19.6 Å². The van der Waals surface area contributed by atoms with Crippen molar-refractivity contribution in [1.82, 2.24) is 9.80 Å². The molecule has 0 spiro atoms. The number of nitrogens with zero attached hydrogens (tertiary/aromatic N) is 3. The van der Waals surface area contributed by atoms with Crippen LogP contribution in [-0.2, 0) is 4.79 Å². The van der Waals surface area contributed by atoms with Gasteiger partial charge in [0.1, 0.15) is 6.42 Å². The van der Waals surface area contributed by atoms with Crippen molar-refractivity contribution in [1.29, 1.82) is 5.26 Å². The van der Waals surface area contributed by atoms with Crippen LogP contribution in [-0.4, -0.2) is 48.4 Å². The molecule has 1 unspecified atom stereocenters. The summed E-state index contributed by atoms with van der Waals surface area (Å²) in [5.74, 6) is -0.0388. The summed E-state index contributed by atoms with van der Waals surface area (Å²) < 4.78 is 0. The second kappa shape index (κ2) is 11.2. The zero-order valence-electron chi connectivity index (χ0n) is 11.6. The fourth-order valence-electron chi connectivity index (χ4n) is 1.68. The predicted molar refractivity (Wildman–Crippen MR) is 71.5 cm³/mol. The summed E-state index contributed by atoms with van der Waals surface area (Å²) in [4.78, 5) is 15.4. The van der Waals surface area contributed by atoms with Crippen LogP contribution in [0, 0.1) is 11.3 Å². The lowest BCUT2D eigenvalue weighted by Gasteiger charge is -2.37. The van der Waals surface area contributed by atoms with Crippen molar-refractivity contribution in [3.63, 3.8) is 0 Å². The highest BCUT2D eigenvalue weighted by atomic mass is 16.2. The minimum Gasteiger partial charge on any atom is -0.337 e. The van der Waals surface area contributed by atoms with Gasteiger partial charge < -0.3 is 9.80 Å². The number of carbonyl (C=O) groups excluding carboxylic acids is 1. The molecule has 0 aliphatic carbocycles. The van der Waals surface area contributed by atoms with Crippen LogP contribution in [0.2, 0.25) is 0 Å². The Hall–Kier alpha value is -1.34. The van der Waals surface area contributed by atoms with Crippen molar-refractivity contribution in [2.75, 3.05) is 26.7 Å². The molecule has 1 aliphatic heterocycles. The number of hydrogen-bond donors (Lipinski definition) is 0. The maximum atomic E-state index is 11.4. The first-order chi connectivity index (χ1) is 8.15. The average molecular weight is 239 g/mol. The summed E-state index contributed by atoms with van der Waals surface area (Å²) in [6, 6.07) is 2.13. The maximum absolute atomic E-state index is 11.4. The van der Waals surface area contributed by atoms with Crippen LogP contribution in [0.15, 0.2) is 13.2 Å². The van der Waals surface area contributed by atoms with Gasteiger partial charge in [-0.3, -0.25) is 4.79 Å². The van der Waals surface area contributed by atoms with Crippen molar-refractivity contribution < 1.29 is 4.79 Å². The van der Waals surface area contributed by atoms with E-state index in [2.05, 4.69) is 18.1 Å². The Balaban J connectivity index is 0. The smallest absolute Gasteiger partial charge is 0.237 e. The third-order valence-corrected chi connectivity index (χ3v) is 2.38. The van der Waals surface area contributed by atoms with E-state index >= 15 is 0 Å². The summed E-state index contributed by atoms with van der Waals surface area (Å²) in [5, 5.41) is 8.40. The van der Waals surface area contributed by atoms with Crippen LogP contribution >= 0.6 is 0 Å². The van der Waals surface area contributed by atoms with E-state index in [0.29, 0.717) is 0 Å². The highest BCUT2D eigenvalue weighted by Crippen LogP contribution is 2.08. The zero-order chi connectivity index (χ0) is 13.8. The zero-order valence-corrected chi connectivity index (χ0v) is 11.6. The molecule has 0 aromatic rings. The number of rotatable bonds is 1. The molecule has 1 fully saturated rings. The van der Waals surface area contributed by atoms with E-state index in [1.54, 1.807) is 4.90 Å². The number of likely N-dealkylation sites (N-methyl/N-ethyl adjacent to an activating group) is 1. The highest BCUT2D eigenvalue weighted by molar-refractivity contribution is 5.78. The molecule has 0 N–H and O–H groups in total. The van der Waals surface area contributed by atoms with Gasteiger partial charge in [0.15, 0.2) is 0 Å². The van der Waals surface area contributed by atoms with Gasteiger partial charge in [-0.15, -0.1) is 13.2 Å². The summed E-state index contributed by atoms with van der Waals surface area (Å²) in [6.45, 7) is 14.6. The Bertz CT molecular complexity index is 248. The molecule has 0 radical (unpaired) electrons. The standard InChI is InChI=1S/C9H15N3O.C2H6.C2H4/c1-8-7-11(2)5-6-12(8)9(13)3-4-10;2*1-2/h8H,3,5-7H2,1-2H3;1-2H3;1-2H2. The quantitative estimate of drug-likeness (QED) is 0.656. The molecule has 1 rings (SSSR count). The first-order valence-corrected chi connectivity index (χ1v) is 6.00. The Kier molecular flexibility index (Phi) is 11.8. The van der Waals surface area contributed by atoms with Crippen molar-refractivity contribution >= 4 is 5.91 Å². The van der Waals surface area contributed by atoms with Crippen LogP contribution in [0.3, 0.4) is 0 Å². The molecule has 0 saturated carbocycles. The van der Waals surface area contributed by atoms with E-state index in [4.69, 9.17) is 5.26 Å². The molecular formula is C13H25N3O. The fourth-order valence-corrected chi connectivity index (χ4v) is 1.68. The lowest BCUT2D eigenvalue weighted by atomic mass is 10.2. The van der Waals surface area contributed by atoms with Crippen LogP contribution < -0.4 is 0 Å².